The van der Waals surface area contributed by atoms with Crippen LogP contribution in [0.2, 0.25) is 0 Å². The Morgan fingerprint density at radius 1 is 1.16 bits per heavy atom. The van der Waals surface area contributed by atoms with Crippen LogP contribution < -0.4 is 4.74 Å². The van der Waals surface area contributed by atoms with E-state index in [1.807, 2.05) is 18.2 Å². The summed E-state index contributed by atoms with van der Waals surface area (Å²) in [5.41, 5.74) is 1.44. The van der Waals surface area contributed by atoms with Crippen LogP contribution in [-0.2, 0) is 25.3 Å². The van der Waals surface area contributed by atoms with E-state index in [2.05, 4.69) is 4.98 Å². The second-order valence-corrected chi connectivity index (χ2v) is 9.84. The molecule has 9 heteroatoms. The molecule has 0 saturated carbocycles. The molecule has 3 heterocycles. The van der Waals surface area contributed by atoms with E-state index in [0.29, 0.717) is 30.9 Å². The fraction of sp³-hybridized carbons (Fsp3) is 0.455. The zero-order valence-corrected chi connectivity index (χ0v) is 18.3. The Bertz CT molecular complexity index is 1000. The van der Waals surface area contributed by atoms with Gasteiger partial charge in [-0.15, -0.1) is 0 Å². The first-order chi connectivity index (χ1) is 15.0. The monoisotopic (exact) mass is 445 g/mol. The van der Waals surface area contributed by atoms with E-state index in [0.717, 1.165) is 24.9 Å². The summed E-state index contributed by atoms with van der Waals surface area (Å²) in [7, 11) is -1.93. The van der Waals surface area contributed by atoms with E-state index in [9.17, 15) is 13.2 Å². The van der Waals surface area contributed by atoms with Crippen LogP contribution in [0.4, 0.5) is 0 Å². The molecule has 8 nitrogen and oxygen atoms in total. The van der Waals surface area contributed by atoms with Crippen LogP contribution in [0.1, 0.15) is 30.1 Å². The van der Waals surface area contributed by atoms with Crippen molar-refractivity contribution >= 4 is 16.4 Å². The summed E-state index contributed by atoms with van der Waals surface area (Å²) in [5, 5.41) is 0. The number of hydrogen-bond donors (Lipinski definition) is 0. The van der Waals surface area contributed by atoms with Gasteiger partial charge in [0, 0.05) is 19.9 Å². The highest BCUT2D eigenvalue weighted by Crippen LogP contribution is 2.34. The molecule has 0 unspecified atom stereocenters. The van der Waals surface area contributed by atoms with Gasteiger partial charge in [0.05, 0.1) is 30.6 Å². The van der Waals surface area contributed by atoms with E-state index in [1.165, 1.54) is 0 Å². The number of aromatic nitrogens is 1. The van der Waals surface area contributed by atoms with Gasteiger partial charge in [0.2, 0.25) is 16.4 Å². The summed E-state index contributed by atoms with van der Waals surface area (Å²) in [6.07, 6.45) is 3.55. The van der Waals surface area contributed by atoms with Gasteiger partial charge < -0.3 is 14.4 Å². The van der Waals surface area contributed by atoms with E-state index in [-0.39, 0.29) is 24.0 Å². The third-order valence-electron chi connectivity index (χ3n) is 5.82. The highest BCUT2D eigenvalue weighted by atomic mass is 32.2. The number of hydrogen-bond acceptors (Lipinski definition) is 6. The minimum absolute atomic E-state index is 0.105. The van der Waals surface area contributed by atoms with Crippen molar-refractivity contribution in [2.24, 2.45) is 0 Å². The van der Waals surface area contributed by atoms with Gasteiger partial charge in [0.1, 0.15) is 18.0 Å². The molecule has 2 aliphatic heterocycles. The number of carbonyl (C=O) groups is 1. The van der Waals surface area contributed by atoms with Crippen molar-refractivity contribution in [3.05, 3.63) is 59.9 Å². The number of benzene rings is 1. The lowest BCUT2D eigenvalue weighted by molar-refractivity contribution is -0.117. The first-order valence-corrected chi connectivity index (χ1v) is 12.0. The molecule has 0 bridgehead atoms. The molecule has 3 atom stereocenters. The number of likely N-dealkylation sites (tertiary alicyclic amines) is 1. The highest BCUT2D eigenvalue weighted by Gasteiger charge is 2.36. The number of rotatable bonds is 8. The predicted molar refractivity (Wildman–Crippen MR) is 115 cm³/mol. The number of nitrogens with zero attached hydrogens (tertiary/aromatic N) is 3. The third kappa shape index (κ3) is 4.89. The Morgan fingerprint density at radius 3 is 2.74 bits per heavy atom. The molecule has 166 valence electrons. The zero-order chi connectivity index (χ0) is 21.8. The number of ether oxygens (including phenoxy) is 2. The molecule has 2 aromatic rings. The quantitative estimate of drug-likeness (QED) is 0.578. The summed E-state index contributed by atoms with van der Waals surface area (Å²) in [6.45, 7) is 1.41. The standard InChI is InChI=1S/C22H27N3O5S/c1-29-21-13-24(16-26)14-22(21)30-18-7-4-6-17(12-18)15-31(27,28)25-11-5-9-20(25)19-8-2-3-10-23-19/h2-4,6-8,10,12,16,20-22H,5,9,11,13-15H2,1H3/t20-,21+,22+/m0/s1. The summed E-state index contributed by atoms with van der Waals surface area (Å²) >= 11 is 0. The van der Waals surface area contributed by atoms with Crippen LogP contribution in [0.25, 0.3) is 0 Å². The lowest BCUT2D eigenvalue weighted by Crippen LogP contribution is -2.32. The largest absolute Gasteiger partial charge is 0.486 e. The predicted octanol–water partition coefficient (Wildman–Crippen LogP) is 1.98. The maximum atomic E-state index is 13.2. The molecule has 2 saturated heterocycles. The van der Waals surface area contributed by atoms with Crippen molar-refractivity contribution in [2.45, 2.75) is 36.8 Å². The normalized spacial score (nSPS) is 24.4. The average Bonchev–Trinajstić information content (AvgIpc) is 3.42. The molecule has 31 heavy (non-hydrogen) atoms. The summed E-state index contributed by atoms with van der Waals surface area (Å²) in [6, 6.07) is 12.5. The fourth-order valence-electron chi connectivity index (χ4n) is 4.32. The summed E-state index contributed by atoms with van der Waals surface area (Å²) in [4.78, 5) is 17.0. The van der Waals surface area contributed by atoms with Gasteiger partial charge in [-0.1, -0.05) is 18.2 Å². The van der Waals surface area contributed by atoms with E-state index in [4.69, 9.17) is 9.47 Å². The van der Waals surface area contributed by atoms with Crippen LogP contribution in [0.3, 0.4) is 0 Å². The number of pyridine rings is 1. The SMILES string of the molecule is CO[C@@H]1CN(C=O)C[C@H]1Oc1cccc(CS(=O)(=O)N2CCC[C@H]2c2ccccn2)c1. The van der Waals surface area contributed by atoms with E-state index >= 15 is 0 Å². The van der Waals surface area contributed by atoms with Gasteiger partial charge in [-0.2, -0.15) is 4.31 Å². The van der Waals surface area contributed by atoms with Gasteiger partial charge in [0.25, 0.3) is 0 Å². The zero-order valence-electron chi connectivity index (χ0n) is 17.5. The van der Waals surface area contributed by atoms with Crippen LogP contribution in [0.5, 0.6) is 5.75 Å². The van der Waals surface area contributed by atoms with Crippen molar-refractivity contribution in [2.75, 3.05) is 26.7 Å². The van der Waals surface area contributed by atoms with Gasteiger partial charge in [-0.25, -0.2) is 8.42 Å². The summed E-state index contributed by atoms with van der Waals surface area (Å²) in [5.74, 6) is 0.460. The Labute approximate surface area is 182 Å². The van der Waals surface area contributed by atoms with Gasteiger partial charge in [0.15, 0.2) is 0 Å². The lowest BCUT2D eigenvalue weighted by atomic mass is 10.1. The average molecular weight is 446 g/mol. The van der Waals surface area contributed by atoms with Crippen LogP contribution in [0.15, 0.2) is 48.7 Å². The van der Waals surface area contributed by atoms with Crippen LogP contribution in [0, 0.1) is 0 Å². The fourth-order valence-corrected chi connectivity index (χ4v) is 6.09. The molecule has 1 aromatic carbocycles. The molecule has 0 spiro atoms. The van der Waals surface area contributed by atoms with Gasteiger partial charge in [-0.05, 0) is 42.7 Å². The summed E-state index contributed by atoms with van der Waals surface area (Å²) < 4.78 is 39.5. The number of methoxy groups -OCH3 is 1. The minimum Gasteiger partial charge on any atom is -0.486 e. The Hall–Kier alpha value is -2.49. The van der Waals surface area contributed by atoms with E-state index < -0.39 is 10.0 Å². The third-order valence-corrected chi connectivity index (χ3v) is 7.67. The molecule has 0 aliphatic carbocycles. The maximum absolute atomic E-state index is 13.2. The second kappa shape index (κ2) is 9.33. The Morgan fingerprint density at radius 2 is 2.00 bits per heavy atom. The Kier molecular flexibility index (Phi) is 6.54. The molecule has 1 aromatic heterocycles. The molecule has 0 radical (unpaired) electrons. The maximum Gasteiger partial charge on any atom is 0.218 e. The van der Waals surface area contributed by atoms with Crippen molar-refractivity contribution in [3.63, 3.8) is 0 Å². The van der Waals surface area contributed by atoms with E-state index in [1.54, 1.807) is 46.8 Å². The van der Waals surface area contributed by atoms with Crippen molar-refractivity contribution in [1.29, 1.82) is 0 Å². The molecule has 2 aliphatic rings. The highest BCUT2D eigenvalue weighted by molar-refractivity contribution is 7.88. The molecule has 0 N–H and O–H groups in total. The first-order valence-electron chi connectivity index (χ1n) is 10.4. The number of carbonyl (C=O) groups excluding carboxylic acids is 1. The van der Waals surface area contributed by atoms with Gasteiger partial charge >= 0.3 is 0 Å². The second-order valence-electron chi connectivity index (χ2n) is 7.92. The van der Waals surface area contributed by atoms with Crippen LogP contribution in [-0.4, -0.2) is 68.0 Å². The Balaban J connectivity index is 1.47. The first kappa shape index (κ1) is 21.7. The molecule has 2 fully saturated rings. The van der Waals surface area contributed by atoms with Crippen molar-refractivity contribution in [1.82, 2.24) is 14.2 Å². The molecule has 4 rings (SSSR count). The minimum atomic E-state index is -3.52. The van der Waals surface area contributed by atoms with Gasteiger partial charge in [-0.3, -0.25) is 9.78 Å². The number of sulfonamides is 1. The molecule has 1 amide bonds. The molecular weight excluding hydrogens is 418 g/mol. The smallest absolute Gasteiger partial charge is 0.218 e. The van der Waals surface area contributed by atoms with Crippen molar-refractivity contribution in [3.8, 4) is 5.75 Å². The number of amides is 1. The molecular formula is C22H27N3O5S. The topological polar surface area (TPSA) is 89.0 Å². The van der Waals surface area contributed by atoms with Crippen LogP contribution >= 0.6 is 0 Å². The van der Waals surface area contributed by atoms with Crippen molar-refractivity contribution < 1.29 is 22.7 Å². The lowest BCUT2D eigenvalue weighted by Gasteiger charge is -2.24.